The second kappa shape index (κ2) is 11.5. The number of aliphatic hydroxyl groups excluding tert-OH is 1. The van der Waals surface area contributed by atoms with Gasteiger partial charge in [0, 0.05) is 5.54 Å². The van der Waals surface area contributed by atoms with E-state index >= 15 is 0 Å². The molecule has 2 unspecified atom stereocenters. The molecular formula is C22H39NO3. The maximum Gasteiger partial charge on any atom is 0.160 e. The molecule has 0 saturated heterocycles. The van der Waals surface area contributed by atoms with Crippen LogP contribution in [-0.4, -0.2) is 29.0 Å². The van der Waals surface area contributed by atoms with Gasteiger partial charge in [0.1, 0.15) is 0 Å². The first-order valence-corrected chi connectivity index (χ1v) is 10.1. The fourth-order valence-corrected chi connectivity index (χ4v) is 3.20. The van der Waals surface area contributed by atoms with Gasteiger partial charge in [0.2, 0.25) is 0 Å². The van der Waals surface area contributed by atoms with Crippen molar-refractivity contribution < 1.29 is 14.9 Å². The summed E-state index contributed by atoms with van der Waals surface area (Å²) in [7, 11) is 0. The van der Waals surface area contributed by atoms with Gasteiger partial charge in [-0.3, -0.25) is 0 Å². The average Bonchev–Trinajstić information content (AvgIpc) is 2.59. The molecule has 0 heterocycles. The van der Waals surface area contributed by atoms with Gasteiger partial charge >= 0.3 is 0 Å². The van der Waals surface area contributed by atoms with E-state index in [2.05, 4.69) is 27.7 Å². The summed E-state index contributed by atoms with van der Waals surface area (Å²) in [5.41, 5.74) is 6.70. The number of hydrogen-bond donors (Lipinski definition) is 3. The van der Waals surface area contributed by atoms with Crippen LogP contribution in [0.25, 0.3) is 0 Å². The van der Waals surface area contributed by atoms with Crippen molar-refractivity contribution in [1.29, 1.82) is 0 Å². The second-order valence-corrected chi connectivity index (χ2v) is 8.31. The second-order valence-electron chi connectivity index (χ2n) is 8.31. The Labute approximate surface area is 159 Å². The van der Waals surface area contributed by atoms with Gasteiger partial charge in [0.15, 0.2) is 11.5 Å². The molecule has 0 aliphatic rings. The number of nitrogens with two attached hydrogens (primary N) is 1. The van der Waals surface area contributed by atoms with E-state index < -0.39 is 5.54 Å². The van der Waals surface area contributed by atoms with Crippen LogP contribution in [0.4, 0.5) is 0 Å². The van der Waals surface area contributed by atoms with Crippen molar-refractivity contribution in [2.45, 2.75) is 78.2 Å². The van der Waals surface area contributed by atoms with E-state index in [1.54, 1.807) is 6.07 Å². The minimum absolute atomic E-state index is 0.0112. The molecule has 0 spiro atoms. The Morgan fingerprint density at radius 2 is 1.88 bits per heavy atom. The number of benzene rings is 1. The topological polar surface area (TPSA) is 75.7 Å². The number of phenolic OH excluding ortho intramolecular Hbond substituents is 1. The summed E-state index contributed by atoms with van der Waals surface area (Å²) in [5, 5.41) is 19.7. The third kappa shape index (κ3) is 8.41. The standard InChI is InChI=1S/C22H39NO3/c1-5-12-22(23,16-24)13-11-19-9-10-21(20(25)14-19)26-15-18(4)8-6-7-17(2)3/h9-10,14,17-18,24-25H,5-8,11-13,15-16,23H2,1-4H3. The molecule has 26 heavy (non-hydrogen) atoms. The summed E-state index contributed by atoms with van der Waals surface area (Å²) in [6.45, 7) is 9.37. The zero-order valence-corrected chi connectivity index (χ0v) is 17.1. The van der Waals surface area contributed by atoms with Crippen LogP contribution < -0.4 is 10.5 Å². The van der Waals surface area contributed by atoms with Gasteiger partial charge < -0.3 is 20.7 Å². The molecule has 0 aliphatic carbocycles. The van der Waals surface area contributed by atoms with Crippen molar-refractivity contribution in [2.75, 3.05) is 13.2 Å². The predicted octanol–water partition coefficient (Wildman–Crippen LogP) is 4.66. The van der Waals surface area contributed by atoms with Crippen molar-refractivity contribution >= 4 is 0 Å². The number of aliphatic hydroxyl groups is 1. The van der Waals surface area contributed by atoms with Crippen molar-refractivity contribution in [1.82, 2.24) is 0 Å². The Morgan fingerprint density at radius 3 is 2.46 bits per heavy atom. The van der Waals surface area contributed by atoms with Gasteiger partial charge in [-0.1, -0.05) is 53.0 Å². The average molecular weight is 366 g/mol. The SMILES string of the molecule is CCCC(N)(CO)CCc1ccc(OCC(C)CCCC(C)C)c(O)c1. The quantitative estimate of drug-likeness (QED) is 0.475. The molecule has 0 aromatic heterocycles. The zero-order chi connectivity index (χ0) is 19.6. The minimum atomic E-state index is -0.537. The Kier molecular flexibility index (Phi) is 10.0. The Bertz CT molecular complexity index is 518. The molecule has 2 atom stereocenters. The summed E-state index contributed by atoms with van der Waals surface area (Å²) in [4.78, 5) is 0. The van der Waals surface area contributed by atoms with Crippen LogP contribution in [0.1, 0.15) is 71.8 Å². The molecule has 1 aromatic rings. The van der Waals surface area contributed by atoms with E-state index in [9.17, 15) is 10.2 Å². The van der Waals surface area contributed by atoms with E-state index in [1.165, 1.54) is 12.8 Å². The number of aromatic hydroxyl groups is 1. The van der Waals surface area contributed by atoms with Crippen molar-refractivity contribution in [3.8, 4) is 11.5 Å². The third-order valence-electron chi connectivity index (χ3n) is 5.00. The number of rotatable bonds is 13. The lowest BCUT2D eigenvalue weighted by atomic mass is 9.89. The summed E-state index contributed by atoms with van der Waals surface area (Å²) < 4.78 is 5.80. The fourth-order valence-electron chi connectivity index (χ4n) is 3.20. The van der Waals surface area contributed by atoms with Gasteiger partial charge in [0.25, 0.3) is 0 Å². The normalized spacial score (nSPS) is 15.0. The lowest BCUT2D eigenvalue weighted by Gasteiger charge is -2.26. The molecule has 1 rings (SSSR count). The highest BCUT2D eigenvalue weighted by atomic mass is 16.5. The summed E-state index contributed by atoms with van der Waals surface area (Å²) in [5.74, 6) is 1.94. The Hall–Kier alpha value is -1.26. The monoisotopic (exact) mass is 365 g/mol. The first kappa shape index (κ1) is 22.8. The summed E-state index contributed by atoms with van der Waals surface area (Å²) in [6, 6.07) is 5.56. The van der Waals surface area contributed by atoms with Gasteiger partial charge in [-0.25, -0.2) is 0 Å². The fraction of sp³-hybridized carbons (Fsp3) is 0.727. The molecule has 1 aromatic carbocycles. The van der Waals surface area contributed by atoms with Crippen LogP contribution >= 0.6 is 0 Å². The summed E-state index contributed by atoms with van der Waals surface area (Å²) >= 11 is 0. The van der Waals surface area contributed by atoms with Crippen LogP contribution in [0.3, 0.4) is 0 Å². The first-order valence-electron chi connectivity index (χ1n) is 10.1. The van der Waals surface area contributed by atoms with Gasteiger partial charge in [-0.15, -0.1) is 0 Å². The van der Waals surface area contributed by atoms with Crippen LogP contribution in [0, 0.1) is 11.8 Å². The molecule has 0 bridgehead atoms. The van der Waals surface area contributed by atoms with Crippen molar-refractivity contribution in [3.63, 3.8) is 0 Å². The van der Waals surface area contributed by atoms with Crippen LogP contribution in [0.15, 0.2) is 18.2 Å². The molecule has 4 N–H and O–H groups in total. The highest BCUT2D eigenvalue weighted by molar-refractivity contribution is 5.41. The van der Waals surface area contributed by atoms with E-state index in [4.69, 9.17) is 10.5 Å². The van der Waals surface area contributed by atoms with Crippen molar-refractivity contribution in [3.05, 3.63) is 23.8 Å². The molecule has 0 aliphatic heterocycles. The van der Waals surface area contributed by atoms with Crippen LogP contribution in [0.2, 0.25) is 0 Å². The smallest absolute Gasteiger partial charge is 0.160 e. The molecule has 4 heteroatoms. The van der Waals surface area contributed by atoms with E-state index in [0.717, 1.165) is 37.2 Å². The van der Waals surface area contributed by atoms with E-state index in [1.807, 2.05) is 12.1 Å². The van der Waals surface area contributed by atoms with Crippen LogP contribution in [0.5, 0.6) is 11.5 Å². The maximum absolute atomic E-state index is 10.2. The first-order chi connectivity index (χ1) is 12.3. The molecule has 4 nitrogen and oxygen atoms in total. The molecule has 0 saturated carbocycles. The molecule has 150 valence electrons. The highest BCUT2D eigenvalue weighted by Gasteiger charge is 2.22. The van der Waals surface area contributed by atoms with E-state index in [-0.39, 0.29) is 12.4 Å². The number of aryl methyl sites for hydroxylation is 1. The van der Waals surface area contributed by atoms with Crippen molar-refractivity contribution in [2.24, 2.45) is 17.6 Å². The lowest BCUT2D eigenvalue weighted by molar-refractivity contribution is 0.177. The minimum Gasteiger partial charge on any atom is -0.504 e. The number of ether oxygens (including phenoxy) is 1. The van der Waals surface area contributed by atoms with Gasteiger partial charge in [0.05, 0.1) is 13.2 Å². The predicted molar refractivity (Wildman–Crippen MR) is 109 cm³/mol. The highest BCUT2D eigenvalue weighted by Crippen LogP contribution is 2.29. The lowest BCUT2D eigenvalue weighted by Crippen LogP contribution is -2.43. The maximum atomic E-state index is 10.2. The largest absolute Gasteiger partial charge is 0.504 e. The van der Waals surface area contributed by atoms with Crippen LogP contribution in [-0.2, 0) is 6.42 Å². The third-order valence-corrected chi connectivity index (χ3v) is 5.00. The summed E-state index contributed by atoms with van der Waals surface area (Å²) in [6.07, 6.45) is 6.79. The molecule has 0 fully saturated rings. The molecular weight excluding hydrogens is 326 g/mol. The zero-order valence-electron chi connectivity index (χ0n) is 17.1. The molecule has 0 amide bonds. The van der Waals surface area contributed by atoms with E-state index in [0.29, 0.717) is 24.7 Å². The number of hydrogen-bond acceptors (Lipinski definition) is 4. The molecule has 0 radical (unpaired) electrons. The van der Waals surface area contributed by atoms with Gasteiger partial charge in [-0.05, 0) is 55.2 Å². The Balaban J connectivity index is 2.49. The Morgan fingerprint density at radius 1 is 1.15 bits per heavy atom. The number of phenols is 1. The van der Waals surface area contributed by atoms with Gasteiger partial charge in [-0.2, -0.15) is 0 Å².